The van der Waals surface area contributed by atoms with Crippen molar-refractivity contribution in [1.82, 2.24) is 20.5 Å². The van der Waals surface area contributed by atoms with Gasteiger partial charge in [-0.25, -0.2) is 4.98 Å². The summed E-state index contributed by atoms with van der Waals surface area (Å²) in [5.41, 5.74) is 5.34. The Kier molecular flexibility index (Phi) is 9.10. The maximum Gasteiger partial charge on any atom is 0.230 e. The maximum absolute atomic E-state index is 12.5. The van der Waals surface area contributed by atoms with E-state index in [9.17, 15) is 4.79 Å². The van der Waals surface area contributed by atoms with Crippen LogP contribution in [0.5, 0.6) is 11.5 Å². The highest BCUT2D eigenvalue weighted by atomic mass is 32.2. The molecule has 0 saturated carbocycles. The van der Waals surface area contributed by atoms with Crippen molar-refractivity contribution in [2.75, 3.05) is 19.0 Å². The van der Waals surface area contributed by atoms with E-state index in [1.807, 2.05) is 93.6 Å². The van der Waals surface area contributed by atoms with E-state index in [4.69, 9.17) is 14.5 Å². The number of rotatable bonds is 11. The molecule has 4 rings (SSSR count). The zero-order valence-electron chi connectivity index (χ0n) is 21.2. The zero-order chi connectivity index (χ0) is 26.0. The number of amides is 1. The van der Waals surface area contributed by atoms with Crippen LogP contribution in [-0.4, -0.2) is 40.1 Å². The summed E-state index contributed by atoms with van der Waals surface area (Å²) in [6.07, 6.45) is 0. The summed E-state index contributed by atoms with van der Waals surface area (Å²) in [4.78, 5) is 17.2. The number of aromatic nitrogens is 3. The molecule has 0 fully saturated rings. The van der Waals surface area contributed by atoms with Gasteiger partial charge in [-0.15, -0.1) is 10.2 Å². The van der Waals surface area contributed by atoms with Crippen LogP contribution >= 0.6 is 11.8 Å². The molecule has 8 heteroatoms. The van der Waals surface area contributed by atoms with Crippen LogP contribution in [0.4, 0.5) is 0 Å². The Labute approximate surface area is 221 Å². The van der Waals surface area contributed by atoms with Gasteiger partial charge in [0.1, 0.15) is 22.9 Å². The van der Waals surface area contributed by atoms with Gasteiger partial charge in [-0.05, 0) is 74.9 Å². The zero-order valence-corrected chi connectivity index (χ0v) is 22.0. The fourth-order valence-corrected chi connectivity index (χ4v) is 4.22. The van der Waals surface area contributed by atoms with E-state index < -0.39 is 0 Å². The predicted molar refractivity (Wildman–Crippen MR) is 147 cm³/mol. The normalized spacial score (nSPS) is 10.7. The summed E-state index contributed by atoms with van der Waals surface area (Å²) in [6.45, 7) is 7.61. The molecular weight excluding hydrogens is 484 g/mol. The molecule has 0 aliphatic heterocycles. The van der Waals surface area contributed by atoms with Crippen molar-refractivity contribution in [3.63, 3.8) is 0 Å². The first kappa shape index (κ1) is 26.2. The summed E-state index contributed by atoms with van der Waals surface area (Å²) < 4.78 is 11.2. The summed E-state index contributed by atoms with van der Waals surface area (Å²) in [5, 5.41) is 12.2. The highest BCUT2D eigenvalue weighted by Crippen LogP contribution is 2.32. The molecule has 3 aromatic carbocycles. The van der Waals surface area contributed by atoms with Gasteiger partial charge in [-0.3, -0.25) is 4.79 Å². The van der Waals surface area contributed by atoms with Gasteiger partial charge in [0.15, 0.2) is 0 Å². The first-order valence-electron chi connectivity index (χ1n) is 12.2. The summed E-state index contributed by atoms with van der Waals surface area (Å²) >= 11 is 1.26. The number of carbonyl (C=O) groups is 1. The fraction of sp³-hybridized carbons (Fsp3) is 0.241. The van der Waals surface area contributed by atoms with Crippen molar-refractivity contribution in [3.05, 3.63) is 83.9 Å². The van der Waals surface area contributed by atoms with Gasteiger partial charge in [0, 0.05) is 17.7 Å². The molecule has 1 aromatic heterocycles. The van der Waals surface area contributed by atoms with Crippen LogP contribution in [0.1, 0.15) is 25.0 Å². The van der Waals surface area contributed by atoms with Crippen LogP contribution in [0.2, 0.25) is 0 Å². The van der Waals surface area contributed by atoms with Crippen molar-refractivity contribution < 1.29 is 14.3 Å². The van der Waals surface area contributed by atoms with Gasteiger partial charge in [-0.1, -0.05) is 41.6 Å². The van der Waals surface area contributed by atoms with Crippen LogP contribution in [0, 0.1) is 6.92 Å². The van der Waals surface area contributed by atoms with Crippen molar-refractivity contribution in [2.45, 2.75) is 32.5 Å². The minimum absolute atomic E-state index is 0.0904. The Hall–Kier alpha value is -3.91. The Morgan fingerprint density at radius 3 is 1.92 bits per heavy atom. The number of carbonyl (C=O) groups excluding carboxylic acids is 1. The van der Waals surface area contributed by atoms with Gasteiger partial charge in [-0.2, -0.15) is 0 Å². The number of nitrogens with one attached hydrogen (secondary N) is 1. The van der Waals surface area contributed by atoms with E-state index in [0.29, 0.717) is 36.3 Å². The third-order valence-corrected chi connectivity index (χ3v) is 6.33. The van der Waals surface area contributed by atoms with E-state index in [2.05, 4.69) is 15.5 Å². The lowest BCUT2D eigenvalue weighted by atomic mass is 10.0. The molecule has 0 radical (unpaired) electrons. The van der Waals surface area contributed by atoms with E-state index in [1.165, 1.54) is 17.3 Å². The minimum Gasteiger partial charge on any atom is -0.494 e. The molecule has 7 nitrogen and oxygen atoms in total. The van der Waals surface area contributed by atoms with Crippen LogP contribution in [0.3, 0.4) is 0 Å². The quantitative estimate of drug-likeness (QED) is 0.256. The molecule has 1 amide bonds. The molecule has 1 N–H and O–H groups in total. The molecule has 0 bridgehead atoms. The van der Waals surface area contributed by atoms with Crippen molar-refractivity contribution in [3.8, 4) is 34.0 Å². The number of aryl methyl sites for hydroxylation is 1. The molecule has 0 atom stereocenters. The Balaban J connectivity index is 1.52. The van der Waals surface area contributed by atoms with E-state index in [-0.39, 0.29) is 11.7 Å². The second-order valence-electron chi connectivity index (χ2n) is 8.26. The number of benzene rings is 3. The number of hydrogen-bond donors (Lipinski definition) is 1. The Morgan fingerprint density at radius 2 is 1.35 bits per heavy atom. The Bertz CT molecular complexity index is 1310. The lowest BCUT2D eigenvalue weighted by Gasteiger charge is -2.11. The number of ether oxygens (including phenoxy) is 2. The van der Waals surface area contributed by atoms with Crippen molar-refractivity contribution >= 4 is 17.7 Å². The summed E-state index contributed by atoms with van der Waals surface area (Å²) in [6, 6.07) is 23.5. The topological polar surface area (TPSA) is 86.2 Å². The molecule has 4 aromatic rings. The molecule has 1 heterocycles. The van der Waals surface area contributed by atoms with Gasteiger partial charge in [0.2, 0.25) is 11.1 Å². The third-order valence-electron chi connectivity index (χ3n) is 5.49. The average Bonchev–Trinajstić information content (AvgIpc) is 2.93. The smallest absolute Gasteiger partial charge is 0.230 e. The fourth-order valence-electron chi connectivity index (χ4n) is 3.61. The van der Waals surface area contributed by atoms with E-state index >= 15 is 0 Å². The molecule has 0 saturated heterocycles. The second kappa shape index (κ2) is 12.9. The molecule has 37 heavy (non-hydrogen) atoms. The number of nitrogens with zero attached hydrogens (tertiary/aromatic N) is 3. The number of thioether (sulfide) groups is 1. The molecule has 0 spiro atoms. The highest BCUT2D eigenvalue weighted by molar-refractivity contribution is 7.99. The van der Waals surface area contributed by atoms with Crippen LogP contribution in [0.15, 0.2) is 78.0 Å². The van der Waals surface area contributed by atoms with Crippen molar-refractivity contribution in [2.24, 2.45) is 0 Å². The minimum atomic E-state index is -0.0904. The SMILES string of the molecule is CCOc1ccc(-c2nnc(SCC(=O)NCc3ccc(C)cc3)nc2-c2ccc(OCC)cc2)cc1. The standard InChI is InChI=1S/C29H30N4O3S/c1-4-35-24-14-10-22(11-15-24)27-28(23-12-16-25(17-13-23)36-5-2)32-33-29(31-27)37-19-26(34)30-18-21-8-6-20(3)7-9-21/h6-17H,4-5,18-19H2,1-3H3,(H,30,34). The largest absolute Gasteiger partial charge is 0.494 e. The van der Waals surface area contributed by atoms with Crippen LogP contribution < -0.4 is 14.8 Å². The maximum atomic E-state index is 12.5. The monoisotopic (exact) mass is 514 g/mol. The molecule has 190 valence electrons. The van der Waals surface area contributed by atoms with Crippen molar-refractivity contribution in [1.29, 1.82) is 0 Å². The first-order valence-corrected chi connectivity index (χ1v) is 13.2. The predicted octanol–water partition coefficient (Wildman–Crippen LogP) is 5.72. The first-order chi connectivity index (χ1) is 18.1. The average molecular weight is 515 g/mol. The van der Waals surface area contributed by atoms with E-state index in [1.54, 1.807) is 0 Å². The van der Waals surface area contributed by atoms with E-state index in [0.717, 1.165) is 28.2 Å². The molecular formula is C29H30N4O3S. The van der Waals surface area contributed by atoms with Gasteiger partial charge in [0.25, 0.3) is 0 Å². The van der Waals surface area contributed by atoms with Gasteiger partial charge >= 0.3 is 0 Å². The lowest BCUT2D eigenvalue weighted by molar-refractivity contribution is -0.118. The third kappa shape index (κ3) is 7.30. The van der Waals surface area contributed by atoms with Crippen LogP contribution in [-0.2, 0) is 11.3 Å². The van der Waals surface area contributed by atoms with Crippen LogP contribution in [0.25, 0.3) is 22.5 Å². The summed E-state index contributed by atoms with van der Waals surface area (Å²) in [5.74, 6) is 1.68. The second-order valence-corrected chi connectivity index (χ2v) is 9.20. The van der Waals surface area contributed by atoms with Gasteiger partial charge in [0.05, 0.1) is 19.0 Å². The molecule has 0 aliphatic rings. The molecule has 0 unspecified atom stereocenters. The highest BCUT2D eigenvalue weighted by Gasteiger charge is 2.15. The molecule has 0 aliphatic carbocycles. The lowest BCUT2D eigenvalue weighted by Crippen LogP contribution is -2.24. The summed E-state index contributed by atoms with van der Waals surface area (Å²) in [7, 11) is 0. The number of hydrogen-bond acceptors (Lipinski definition) is 7. The van der Waals surface area contributed by atoms with Gasteiger partial charge < -0.3 is 14.8 Å². The Morgan fingerprint density at radius 1 is 0.784 bits per heavy atom.